The van der Waals surface area contributed by atoms with Gasteiger partial charge in [0.1, 0.15) is 23.7 Å². The molecular weight excluding hydrogens is 388 g/mol. The third kappa shape index (κ3) is 4.13. The summed E-state index contributed by atoms with van der Waals surface area (Å²) in [6.45, 7) is 2.85. The van der Waals surface area contributed by atoms with Crippen molar-refractivity contribution in [2.75, 3.05) is 26.4 Å². The first-order chi connectivity index (χ1) is 14.6. The number of rotatable bonds is 6. The lowest BCUT2D eigenvalue weighted by Crippen LogP contribution is -2.18. The highest BCUT2D eigenvalue weighted by atomic mass is 16.5. The Morgan fingerprint density at radius 3 is 2.70 bits per heavy atom. The van der Waals surface area contributed by atoms with Crippen molar-refractivity contribution in [2.24, 2.45) is 0 Å². The Balaban J connectivity index is 1.68. The van der Waals surface area contributed by atoms with Gasteiger partial charge in [0.25, 0.3) is 0 Å². The molecule has 3 aromatic rings. The van der Waals surface area contributed by atoms with E-state index in [0.717, 1.165) is 6.42 Å². The lowest BCUT2D eigenvalue weighted by Gasteiger charge is -2.13. The molecule has 158 valence electrons. The van der Waals surface area contributed by atoms with Crippen LogP contribution in [0.4, 0.5) is 0 Å². The monoisotopic (exact) mass is 412 g/mol. The van der Waals surface area contributed by atoms with Crippen molar-refractivity contribution in [2.45, 2.75) is 25.9 Å². The molecule has 2 heterocycles. The normalized spacial score (nSPS) is 14.4. The van der Waals surface area contributed by atoms with Crippen LogP contribution in [0.5, 0.6) is 17.2 Å². The number of hydrogen-bond donors (Lipinski definition) is 2. The summed E-state index contributed by atoms with van der Waals surface area (Å²) in [5.74, 6) is 2.25. The molecule has 2 N–H and O–H groups in total. The molecule has 7 heteroatoms. The summed E-state index contributed by atoms with van der Waals surface area (Å²) in [5, 5.41) is 19.0. The molecule has 0 saturated heterocycles. The zero-order valence-electron chi connectivity index (χ0n) is 16.7. The summed E-state index contributed by atoms with van der Waals surface area (Å²) in [6, 6.07) is 10.4. The first-order valence-electron chi connectivity index (χ1n) is 9.96. The average Bonchev–Trinajstić information content (AvgIpc) is 2.97. The number of ether oxygens (including phenoxy) is 3. The molecule has 1 atom stereocenters. The maximum atomic E-state index is 13.2. The lowest BCUT2D eigenvalue weighted by molar-refractivity contribution is 0.0822. The summed E-state index contributed by atoms with van der Waals surface area (Å²) in [6.07, 6.45) is 0.282. The number of hydrogen-bond acceptors (Lipinski definition) is 7. The van der Waals surface area contributed by atoms with Gasteiger partial charge in [-0.2, -0.15) is 0 Å². The fraction of sp³-hybridized carbons (Fsp3) is 0.348. The highest BCUT2D eigenvalue weighted by Gasteiger charge is 2.18. The van der Waals surface area contributed by atoms with Crippen LogP contribution in [-0.2, 0) is 0 Å². The van der Waals surface area contributed by atoms with E-state index in [1.54, 1.807) is 25.1 Å². The van der Waals surface area contributed by atoms with Gasteiger partial charge in [0.15, 0.2) is 11.5 Å². The molecule has 0 aliphatic carbocycles. The smallest absolute Gasteiger partial charge is 0.200 e. The van der Waals surface area contributed by atoms with Gasteiger partial charge in [-0.05, 0) is 43.2 Å². The van der Waals surface area contributed by atoms with Crippen molar-refractivity contribution in [3.05, 3.63) is 52.4 Å². The van der Waals surface area contributed by atoms with Gasteiger partial charge in [0.2, 0.25) is 5.43 Å². The fourth-order valence-corrected chi connectivity index (χ4v) is 3.45. The Hall–Kier alpha value is -3.03. The van der Waals surface area contributed by atoms with Gasteiger partial charge >= 0.3 is 0 Å². The van der Waals surface area contributed by atoms with Crippen LogP contribution >= 0.6 is 0 Å². The summed E-state index contributed by atoms with van der Waals surface area (Å²) >= 11 is 0. The predicted molar refractivity (Wildman–Crippen MR) is 111 cm³/mol. The van der Waals surface area contributed by atoms with E-state index in [4.69, 9.17) is 23.7 Å². The molecule has 0 radical (unpaired) electrons. The van der Waals surface area contributed by atoms with Crippen molar-refractivity contribution in [3.8, 4) is 28.4 Å². The summed E-state index contributed by atoms with van der Waals surface area (Å²) in [5.41, 5.74) is 1.45. The molecule has 0 spiro atoms. The molecule has 4 rings (SSSR count). The first kappa shape index (κ1) is 20.3. The topological polar surface area (TPSA) is 98.4 Å². The van der Waals surface area contributed by atoms with Gasteiger partial charge in [-0.3, -0.25) is 4.79 Å². The van der Waals surface area contributed by atoms with Crippen LogP contribution in [0, 0.1) is 6.92 Å². The third-order valence-corrected chi connectivity index (χ3v) is 4.98. The summed E-state index contributed by atoms with van der Waals surface area (Å²) < 4.78 is 22.9. The molecule has 1 aromatic heterocycles. The van der Waals surface area contributed by atoms with E-state index < -0.39 is 6.10 Å². The number of aryl methyl sites for hydroxylation is 1. The Morgan fingerprint density at radius 2 is 1.90 bits per heavy atom. The highest BCUT2D eigenvalue weighted by molar-refractivity contribution is 5.84. The molecule has 1 unspecified atom stereocenters. The van der Waals surface area contributed by atoms with Crippen LogP contribution in [0.25, 0.3) is 22.1 Å². The van der Waals surface area contributed by atoms with Crippen molar-refractivity contribution in [3.63, 3.8) is 0 Å². The Kier molecular flexibility index (Phi) is 5.92. The highest BCUT2D eigenvalue weighted by Crippen LogP contribution is 2.35. The molecule has 0 amide bonds. The maximum absolute atomic E-state index is 13.2. The van der Waals surface area contributed by atoms with E-state index in [9.17, 15) is 9.90 Å². The maximum Gasteiger partial charge on any atom is 0.200 e. The standard InChI is InChI=1S/C23H24O7/c1-14-22(15-3-6-19-21(11-15)28-10-2-9-27-19)23(26)18-5-4-17(12-20(18)30-14)29-13-16(25)7-8-24/h3-6,11-12,16,24-25H,2,7-10,13H2,1H3. The van der Waals surface area contributed by atoms with Crippen LogP contribution in [0.1, 0.15) is 18.6 Å². The number of aliphatic hydroxyl groups is 2. The SMILES string of the molecule is Cc1oc2cc(OCC(O)CCO)ccc2c(=O)c1-c1ccc2c(c1)OCCCO2. The Labute approximate surface area is 173 Å². The van der Waals surface area contributed by atoms with Gasteiger partial charge in [-0.1, -0.05) is 6.07 Å². The minimum absolute atomic E-state index is 0.0462. The van der Waals surface area contributed by atoms with Gasteiger partial charge in [-0.25, -0.2) is 0 Å². The fourth-order valence-electron chi connectivity index (χ4n) is 3.45. The van der Waals surface area contributed by atoms with E-state index in [2.05, 4.69) is 0 Å². The summed E-state index contributed by atoms with van der Waals surface area (Å²) in [7, 11) is 0. The van der Waals surface area contributed by atoms with Crippen molar-refractivity contribution in [1.82, 2.24) is 0 Å². The molecule has 0 bridgehead atoms. The van der Waals surface area contributed by atoms with E-state index in [1.165, 1.54) is 0 Å². The van der Waals surface area contributed by atoms with Gasteiger partial charge in [0.05, 0.1) is 30.3 Å². The van der Waals surface area contributed by atoms with E-state index in [0.29, 0.717) is 58.3 Å². The average molecular weight is 412 g/mol. The second-order valence-electron chi connectivity index (χ2n) is 7.21. The van der Waals surface area contributed by atoms with Crippen LogP contribution in [0.3, 0.4) is 0 Å². The molecule has 0 saturated carbocycles. The summed E-state index contributed by atoms with van der Waals surface area (Å²) in [4.78, 5) is 13.2. The molecule has 1 aliphatic heterocycles. The number of aliphatic hydroxyl groups excluding tert-OH is 2. The Morgan fingerprint density at radius 1 is 1.10 bits per heavy atom. The molecular formula is C23H24O7. The molecule has 1 aliphatic rings. The number of benzene rings is 2. The largest absolute Gasteiger partial charge is 0.491 e. The van der Waals surface area contributed by atoms with Gasteiger partial charge in [-0.15, -0.1) is 0 Å². The van der Waals surface area contributed by atoms with Crippen LogP contribution in [0.2, 0.25) is 0 Å². The quantitative estimate of drug-likeness (QED) is 0.642. The second-order valence-corrected chi connectivity index (χ2v) is 7.21. The van der Waals surface area contributed by atoms with Gasteiger partial charge in [0, 0.05) is 19.1 Å². The number of fused-ring (bicyclic) bond motifs is 2. The lowest BCUT2D eigenvalue weighted by atomic mass is 10.0. The first-order valence-corrected chi connectivity index (χ1v) is 9.96. The molecule has 2 aromatic carbocycles. The minimum Gasteiger partial charge on any atom is -0.491 e. The van der Waals surface area contributed by atoms with E-state index in [1.807, 2.05) is 18.2 Å². The zero-order valence-corrected chi connectivity index (χ0v) is 16.7. The van der Waals surface area contributed by atoms with Crippen LogP contribution in [0.15, 0.2) is 45.6 Å². The predicted octanol–water partition coefficient (Wildman–Crippen LogP) is 3.05. The molecule has 7 nitrogen and oxygen atoms in total. The van der Waals surface area contributed by atoms with E-state index >= 15 is 0 Å². The van der Waals surface area contributed by atoms with Crippen LogP contribution < -0.4 is 19.6 Å². The molecule has 0 fully saturated rings. The van der Waals surface area contributed by atoms with Crippen LogP contribution in [-0.4, -0.2) is 42.7 Å². The third-order valence-electron chi connectivity index (χ3n) is 4.98. The van der Waals surface area contributed by atoms with E-state index in [-0.39, 0.29) is 25.1 Å². The zero-order chi connectivity index (χ0) is 21.1. The second kappa shape index (κ2) is 8.77. The van der Waals surface area contributed by atoms with Gasteiger partial charge < -0.3 is 28.8 Å². The van der Waals surface area contributed by atoms with Crippen molar-refractivity contribution < 1.29 is 28.8 Å². The Bertz CT molecular complexity index is 1100. The van der Waals surface area contributed by atoms with Crippen molar-refractivity contribution >= 4 is 11.0 Å². The molecule has 30 heavy (non-hydrogen) atoms. The minimum atomic E-state index is -0.763. The van der Waals surface area contributed by atoms with Crippen molar-refractivity contribution in [1.29, 1.82) is 0 Å².